The minimum Gasteiger partial charge on any atom is -0.380 e. The Hall–Kier alpha value is -1.53. The summed E-state index contributed by atoms with van der Waals surface area (Å²) in [7, 11) is 3.07. The molecule has 106 valence electrons. The van der Waals surface area contributed by atoms with Gasteiger partial charge in [-0.3, -0.25) is 9.36 Å². The van der Waals surface area contributed by atoms with Crippen molar-refractivity contribution < 1.29 is 0 Å². The van der Waals surface area contributed by atoms with Crippen LogP contribution in [0.25, 0.3) is 0 Å². The molecule has 2 aromatic rings. The molecule has 2 rings (SSSR count). The van der Waals surface area contributed by atoms with E-state index in [1.54, 1.807) is 13.1 Å². The summed E-state index contributed by atoms with van der Waals surface area (Å²) in [4.78, 5) is 23.6. The van der Waals surface area contributed by atoms with E-state index in [9.17, 15) is 9.59 Å². The van der Waals surface area contributed by atoms with Crippen molar-refractivity contribution in [1.29, 1.82) is 0 Å². The lowest BCUT2D eigenvalue weighted by Gasteiger charge is -2.11. The van der Waals surface area contributed by atoms with E-state index in [0.29, 0.717) is 17.1 Å². The molecule has 0 aliphatic heterocycles. The second-order valence-corrected chi connectivity index (χ2v) is 5.57. The van der Waals surface area contributed by atoms with E-state index in [4.69, 9.17) is 11.6 Å². The highest BCUT2D eigenvalue weighted by Crippen LogP contribution is 2.30. The molecule has 1 aromatic heterocycles. The van der Waals surface area contributed by atoms with E-state index in [0.717, 1.165) is 14.7 Å². The quantitative estimate of drug-likeness (QED) is 0.914. The number of rotatable bonds is 3. The molecular formula is C13H13BrClN3O2. The van der Waals surface area contributed by atoms with Gasteiger partial charge in [-0.15, -0.1) is 0 Å². The molecular weight excluding hydrogens is 346 g/mol. The lowest BCUT2D eigenvalue weighted by atomic mass is 10.3. The fraction of sp³-hybridized carbons (Fsp3) is 0.231. The van der Waals surface area contributed by atoms with Gasteiger partial charge in [0, 0.05) is 26.8 Å². The van der Waals surface area contributed by atoms with E-state index in [1.807, 2.05) is 12.1 Å². The van der Waals surface area contributed by atoms with E-state index in [-0.39, 0.29) is 11.2 Å². The first kappa shape index (κ1) is 14.9. The summed E-state index contributed by atoms with van der Waals surface area (Å²) in [6.45, 7) is 0.305. The molecule has 0 unspecified atom stereocenters. The topological polar surface area (TPSA) is 56.0 Å². The number of aryl methyl sites for hydroxylation is 1. The fourth-order valence-electron chi connectivity index (χ4n) is 1.84. The Morgan fingerprint density at radius 3 is 2.70 bits per heavy atom. The predicted octanol–water partition coefficient (Wildman–Crippen LogP) is 2.11. The summed E-state index contributed by atoms with van der Waals surface area (Å²) in [5, 5.41) is 3.71. The summed E-state index contributed by atoms with van der Waals surface area (Å²) < 4.78 is 3.21. The second-order valence-electron chi connectivity index (χ2n) is 4.37. The second kappa shape index (κ2) is 5.85. The van der Waals surface area contributed by atoms with Crippen LogP contribution in [0.5, 0.6) is 0 Å². The SMILES string of the molecule is Cn1cc(CNc2cccc(Cl)c2Br)c(=O)n(C)c1=O. The normalized spacial score (nSPS) is 10.6. The molecule has 0 bridgehead atoms. The first-order valence-corrected chi connectivity index (χ1v) is 7.02. The van der Waals surface area contributed by atoms with Crippen molar-refractivity contribution in [3.05, 3.63) is 60.3 Å². The monoisotopic (exact) mass is 357 g/mol. The number of hydrogen-bond acceptors (Lipinski definition) is 3. The molecule has 5 nitrogen and oxygen atoms in total. The van der Waals surface area contributed by atoms with Crippen LogP contribution in [-0.4, -0.2) is 9.13 Å². The van der Waals surface area contributed by atoms with E-state index >= 15 is 0 Å². The molecule has 0 spiro atoms. The molecule has 0 radical (unpaired) electrons. The molecule has 0 aliphatic carbocycles. The van der Waals surface area contributed by atoms with Crippen molar-refractivity contribution in [3.63, 3.8) is 0 Å². The third-order valence-electron chi connectivity index (χ3n) is 2.94. The summed E-state index contributed by atoms with van der Waals surface area (Å²) >= 11 is 9.38. The van der Waals surface area contributed by atoms with Gasteiger partial charge in [-0.2, -0.15) is 0 Å². The molecule has 0 saturated carbocycles. The summed E-state index contributed by atoms with van der Waals surface area (Å²) in [6, 6.07) is 5.43. The highest BCUT2D eigenvalue weighted by atomic mass is 79.9. The van der Waals surface area contributed by atoms with Gasteiger partial charge < -0.3 is 9.88 Å². The average molecular weight is 359 g/mol. The van der Waals surface area contributed by atoms with Crippen molar-refractivity contribution in [2.45, 2.75) is 6.54 Å². The van der Waals surface area contributed by atoms with Crippen molar-refractivity contribution in [1.82, 2.24) is 9.13 Å². The fourth-order valence-corrected chi connectivity index (χ4v) is 2.41. The molecule has 20 heavy (non-hydrogen) atoms. The van der Waals surface area contributed by atoms with Crippen molar-refractivity contribution in [2.75, 3.05) is 5.32 Å². The molecule has 0 amide bonds. The summed E-state index contributed by atoms with van der Waals surface area (Å²) in [5.74, 6) is 0. The molecule has 0 aliphatic rings. The first-order valence-electron chi connectivity index (χ1n) is 5.85. The van der Waals surface area contributed by atoms with Crippen LogP contribution in [0.3, 0.4) is 0 Å². The third-order valence-corrected chi connectivity index (χ3v) is 4.34. The standard InChI is InChI=1S/C13H13BrClN3O2/c1-17-7-8(12(19)18(2)13(17)20)6-16-10-5-3-4-9(15)11(10)14/h3-5,7,16H,6H2,1-2H3. The van der Waals surface area contributed by atoms with Crippen LogP contribution in [0.4, 0.5) is 5.69 Å². The highest BCUT2D eigenvalue weighted by molar-refractivity contribution is 9.10. The highest BCUT2D eigenvalue weighted by Gasteiger charge is 2.08. The Morgan fingerprint density at radius 1 is 1.30 bits per heavy atom. The largest absolute Gasteiger partial charge is 0.380 e. The maximum Gasteiger partial charge on any atom is 0.330 e. The lowest BCUT2D eigenvalue weighted by Crippen LogP contribution is -2.38. The van der Waals surface area contributed by atoms with Gasteiger partial charge in [0.25, 0.3) is 5.56 Å². The van der Waals surface area contributed by atoms with Gasteiger partial charge in [0.05, 0.1) is 20.7 Å². The van der Waals surface area contributed by atoms with Gasteiger partial charge in [-0.25, -0.2) is 4.79 Å². The number of nitrogens with one attached hydrogen (secondary N) is 1. The van der Waals surface area contributed by atoms with Crippen LogP contribution in [0.15, 0.2) is 38.5 Å². The number of aromatic nitrogens is 2. The maximum atomic E-state index is 12.0. The molecule has 0 atom stereocenters. The lowest BCUT2D eigenvalue weighted by molar-refractivity contribution is 0.671. The van der Waals surface area contributed by atoms with Gasteiger partial charge in [0.2, 0.25) is 0 Å². The van der Waals surface area contributed by atoms with Gasteiger partial charge in [0.1, 0.15) is 0 Å². The zero-order valence-electron chi connectivity index (χ0n) is 11.0. The van der Waals surface area contributed by atoms with Crippen LogP contribution >= 0.6 is 27.5 Å². The predicted molar refractivity (Wildman–Crippen MR) is 83.4 cm³/mol. The van der Waals surface area contributed by atoms with Gasteiger partial charge in [-0.1, -0.05) is 17.7 Å². The van der Waals surface area contributed by atoms with Crippen LogP contribution in [0.2, 0.25) is 5.02 Å². The minimum atomic E-state index is -0.345. The van der Waals surface area contributed by atoms with Crippen LogP contribution in [0, 0.1) is 0 Å². The Kier molecular flexibility index (Phi) is 4.35. The zero-order valence-corrected chi connectivity index (χ0v) is 13.3. The minimum absolute atomic E-state index is 0.305. The number of anilines is 1. The Balaban J connectivity index is 2.31. The number of hydrogen-bond donors (Lipinski definition) is 1. The van der Waals surface area contributed by atoms with E-state index in [2.05, 4.69) is 21.2 Å². The summed E-state index contributed by atoms with van der Waals surface area (Å²) in [6.07, 6.45) is 1.54. The molecule has 1 N–H and O–H groups in total. The average Bonchev–Trinajstić information content (AvgIpc) is 2.43. The van der Waals surface area contributed by atoms with Gasteiger partial charge in [-0.05, 0) is 28.1 Å². The van der Waals surface area contributed by atoms with E-state index in [1.165, 1.54) is 17.8 Å². The first-order chi connectivity index (χ1) is 9.41. The van der Waals surface area contributed by atoms with Crippen LogP contribution in [0.1, 0.15) is 5.56 Å². The zero-order chi connectivity index (χ0) is 14.9. The maximum absolute atomic E-state index is 12.0. The molecule has 1 heterocycles. The number of benzene rings is 1. The Morgan fingerprint density at radius 2 is 2.00 bits per heavy atom. The number of nitrogens with zero attached hydrogens (tertiary/aromatic N) is 2. The van der Waals surface area contributed by atoms with Crippen LogP contribution in [-0.2, 0) is 20.6 Å². The third kappa shape index (κ3) is 2.81. The van der Waals surface area contributed by atoms with Crippen LogP contribution < -0.4 is 16.6 Å². The smallest absolute Gasteiger partial charge is 0.330 e. The number of halogens is 2. The Labute approximate surface area is 128 Å². The van der Waals surface area contributed by atoms with Crippen molar-refractivity contribution in [2.24, 2.45) is 14.1 Å². The molecule has 7 heteroatoms. The van der Waals surface area contributed by atoms with Crippen molar-refractivity contribution >= 4 is 33.2 Å². The summed E-state index contributed by atoms with van der Waals surface area (Å²) in [5.41, 5.74) is 0.635. The molecule has 1 aromatic carbocycles. The van der Waals surface area contributed by atoms with Crippen molar-refractivity contribution in [3.8, 4) is 0 Å². The molecule has 0 fully saturated rings. The molecule has 0 saturated heterocycles. The Bertz CT molecular complexity index is 767. The van der Waals surface area contributed by atoms with E-state index < -0.39 is 0 Å². The van der Waals surface area contributed by atoms with Gasteiger partial charge in [0.15, 0.2) is 0 Å². The van der Waals surface area contributed by atoms with Gasteiger partial charge >= 0.3 is 5.69 Å².